The Morgan fingerprint density at radius 3 is 2.46 bits per heavy atom. The fraction of sp³-hybridized carbons (Fsp3) is 0.350. The molecule has 0 saturated carbocycles. The molecule has 26 heavy (non-hydrogen) atoms. The number of amides is 1. The molecule has 0 radical (unpaired) electrons. The maximum absolute atomic E-state index is 13.4. The fourth-order valence-corrected chi connectivity index (χ4v) is 2.68. The van der Waals surface area contributed by atoms with E-state index in [0.29, 0.717) is 12.1 Å². The van der Waals surface area contributed by atoms with Gasteiger partial charge in [0.1, 0.15) is 5.75 Å². The lowest BCUT2D eigenvalue weighted by atomic mass is 10.1. The minimum absolute atomic E-state index is 0.0761. The van der Waals surface area contributed by atoms with Crippen LogP contribution in [-0.4, -0.2) is 43.5 Å². The molecule has 6 heteroatoms. The highest BCUT2D eigenvalue weighted by atomic mass is 19.2. The topological polar surface area (TPSA) is 32.8 Å². The van der Waals surface area contributed by atoms with Crippen molar-refractivity contribution < 1.29 is 18.3 Å². The molecule has 0 saturated heterocycles. The van der Waals surface area contributed by atoms with E-state index in [4.69, 9.17) is 4.74 Å². The molecular formula is C20H24F2N2O2. The van der Waals surface area contributed by atoms with Gasteiger partial charge >= 0.3 is 0 Å². The summed E-state index contributed by atoms with van der Waals surface area (Å²) >= 11 is 0. The van der Waals surface area contributed by atoms with Crippen LogP contribution < -0.4 is 4.74 Å². The van der Waals surface area contributed by atoms with Crippen molar-refractivity contribution in [2.45, 2.75) is 19.5 Å². The number of ether oxygens (including phenoxy) is 1. The van der Waals surface area contributed by atoms with Crippen molar-refractivity contribution in [3.05, 3.63) is 65.2 Å². The maximum atomic E-state index is 13.4. The van der Waals surface area contributed by atoms with Crippen LogP contribution in [0.4, 0.5) is 8.78 Å². The van der Waals surface area contributed by atoms with Gasteiger partial charge in [-0.2, -0.15) is 0 Å². The minimum Gasteiger partial charge on any atom is -0.496 e. The summed E-state index contributed by atoms with van der Waals surface area (Å²) in [6, 6.07) is 11.1. The van der Waals surface area contributed by atoms with Crippen LogP contribution in [0.15, 0.2) is 42.5 Å². The van der Waals surface area contributed by atoms with Gasteiger partial charge in [-0.15, -0.1) is 0 Å². The van der Waals surface area contributed by atoms with Crippen molar-refractivity contribution in [1.82, 2.24) is 9.80 Å². The molecule has 2 aromatic carbocycles. The molecule has 1 amide bonds. The summed E-state index contributed by atoms with van der Waals surface area (Å²) in [6.07, 6.45) is 0. The summed E-state index contributed by atoms with van der Waals surface area (Å²) in [7, 11) is 5.10. The smallest absolute Gasteiger partial charge is 0.236 e. The average molecular weight is 362 g/mol. The normalized spacial score (nSPS) is 12.1. The molecule has 0 aliphatic rings. The van der Waals surface area contributed by atoms with E-state index in [1.165, 1.54) is 12.1 Å². The molecular weight excluding hydrogens is 338 g/mol. The summed E-state index contributed by atoms with van der Waals surface area (Å²) < 4.78 is 31.8. The monoisotopic (exact) mass is 362 g/mol. The second kappa shape index (κ2) is 8.76. The largest absolute Gasteiger partial charge is 0.496 e. The van der Waals surface area contributed by atoms with Crippen molar-refractivity contribution in [2.75, 3.05) is 27.7 Å². The molecule has 0 spiro atoms. The number of carbonyl (C=O) groups is 1. The first kappa shape index (κ1) is 19.8. The number of methoxy groups -OCH3 is 1. The van der Waals surface area contributed by atoms with E-state index < -0.39 is 11.6 Å². The van der Waals surface area contributed by atoms with Gasteiger partial charge in [0, 0.05) is 25.2 Å². The number of halogens is 2. The van der Waals surface area contributed by atoms with Crippen LogP contribution in [0.5, 0.6) is 5.75 Å². The van der Waals surface area contributed by atoms with Crippen LogP contribution in [0.25, 0.3) is 0 Å². The van der Waals surface area contributed by atoms with Crippen LogP contribution in [0.3, 0.4) is 0 Å². The first-order chi connectivity index (χ1) is 12.3. The molecule has 1 unspecified atom stereocenters. The third kappa shape index (κ3) is 4.79. The fourth-order valence-electron chi connectivity index (χ4n) is 2.68. The number of hydrogen-bond donors (Lipinski definition) is 0. The van der Waals surface area contributed by atoms with Gasteiger partial charge in [0.05, 0.1) is 13.7 Å². The van der Waals surface area contributed by atoms with Crippen LogP contribution in [-0.2, 0) is 11.3 Å². The van der Waals surface area contributed by atoms with Gasteiger partial charge in [-0.1, -0.05) is 24.3 Å². The molecule has 2 aromatic rings. The molecule has 1 atom stereocenters. The van der Waals surface area contributed by atoms with E-state index in [1.54, 1.807) is 31.0 Å². The minimum atomic E-state index is -0.887. The quantitative estimate of drug-likeness (QED) is 0.754. The Balaban J connectivity index is 1.99. The van der Waals surface area contributed by atoms with Crippen molar-refractivity contribution in [2.24, 2.45) is 0 Å². The van der Waals surface area contributed by atoms with Crippen LogP contribution >= 0.6 is 0 Å². The van der Waals surface area contributed by atoms with Crippen LogP contribution in [0.2, 0.25) is 0 Å². The zero-order valence-corrected chi connectivity index (χ0v) is 15.5. The Hall–Kier alpha value is -2.47. The molecule has 0 fully saturated rings. The van der Waals surface area contributed by atoms with E-state index in [2.05, 4.69) is 0 Å². The lowest BCUT2D eigenvalue weighted by molar-refractivity contribution is -0.131. The predicted molar refractivity (Wildman–Crippen MR) is 96.9 cm³/mol. The van der Waals surface area contributed by atoms with Crippen LogP contribution in [0, 0.1) is 11.6 Å². The number of carbonyl (C=O) groups excluding carboxylic acids is 1. The summed E-state index contributed by atoms with van der Waals surface area (Å²) in [4.78, 5) is 15.9. The van der Waals surface area contributed by atoms with Gasteiger partial charge in [-0.05, 0) is 37.7 Å². The highest BCUT2D eigenvalue weighted by Gasteiger charge is 2.19. The average Bonchev–Trinajstić information content (AvgIpc) is 2.63. The zero-order chi connectivity index (χ0) is 19.3. The van der Waals surface area contributed by atoms with Crippen molar-refractivity contribution in [1.29, 1.82) is 0 Å². The summed E-state index contributed by atoms with van der Waals surface area (Å²) in [6.45, 7) is 2.43. The number of rotatable bonds is 7. The molecule has 0 aliphatic carbocycles. The predicted octanol–water partition coefficient (Wildman–Crippen LogP) is 3.62. The zero-order valence-electron chi connectivity index (χ0n) is 15.5. The molecule has 0 aromatic heterocycles. The van der Waals surface area contributed by atoms with Crippen molar-refractivity contribution in [3.63, 3.8) is 0 Å². The lowest BCUT2D eigenvalue weighted by Crippen LogP contribution is -2.37. The molecule has 4 nitrogen and oxygen atoms in total. The second-order valence-corrected chi connectivity index (χ2v) is 6.33. The number of benzene rings is 2. The highest BCUT2D eigenvalue weighted by molar-refractivity contribution is 5.78. The van der Waals surface area contributed by atoms with Gasteiger partial charge in [0.25, 0.3) is 0 Å². The first-order valence-corrected chi connectivity index (χ1v) is 8.34. The lowest BCUT2D eigenvalue weighted by Gasteiger charge is -2.27. The maximum Gasteiger partial charge on any atom is 0.236 e. The van der Waals surface area contributed by atoms with E-state index in [-0.39, 0.29) is 18.5 Å². The molecule has 0 aliphatic heterocycles. The SMILES string of the molecule is COc1ccccc1CN(C)C(=O)CN(C)C(C)c1ccc(F)c(F)c1. The van der Waals surface area contributed by atoms with Crippen molar-refractivity contribution in [3.8, 4) is 5.75 Å². The summed E-state index contributed by atoms with van der Waals surface area (Å²) in [5, 5.41) is 0. The standard InChI is InChI=1S/C20H24F2N2O2/c1-14(15-9-10-17(21)18(22)11-15)23(2)13-20(25)24(3)12-16-7-5-6-8-19(16)26-4/h5-11,14H,12-13H2,1-4H3. The number of likely N-dealkylation sites (N-methyl/N-ethyl adjacent to an activating group) is 2. The Morgan fingerprint density at radius 1 is 1.12 bits per heavy atom. The molecule has 140 valence electrons. The van der Waals surface area contributed by atoms with E-state index in [1.807, 2.05) is 31.2 Å². The molecule has 0 N–H and O–H groups in total. The third-order valence-corrected chi connectivity index (χ3v) is 4.50. The number of nitrogens with zero attached hydrogens (tertiary/aromatic N) is 2. The summed E-state index contributed by atoms with van der Waals surface area (Å²) in [5.41, 5.74) is 1.54. The highest BCUT2D eigenvalue weighted by Crippen LogP contribution is 2.22. The first-order valence-electron chi connectivity index (χ1n) is 8.34. The number of para-hydroxylation sites is 1. The Labute approximate surface area is 153 Å². The van der Waals surface area contributed by atoms with E-state index in [9.17, 15) is 13.6 Å². The van der Waals surface area contributed by atoms with Gasteiger partial charge in [-0.3, -0.25) is 9.69 Å². The summed E-state index contributed by atoms with van der Waals surface area (Å²) in [5.74, 6) is -1.11. The molecule has 0 bridgehead atoms. The molecule has 0 heterocycles. The Kier molecular flexibility index (Phi) is 6.69. The molecule has 2 rings (SSSR count). The van der Waals surface area contributed by atoms with Gasteiger partial charge in [0.15, 0.2) is 11.6 Å². The van der Waals surface area contributed by atoms with Crippen LogP contribution in [0.1, 0.15) is 24.1 Å². The van der Waals surface area contributed by atoms with Gasteiger partial charge in [-0.25, -0.2) is 8.78 Å². The van der Waals surface area contributed by atoms with Gasteiger partial charge in [0.2, 0.25) is 5.91 Å². The Morgan fingerprint density at radius 2 is 1.81 bits per heavy atom. The van der Waals surface area contributed by atoms with Gasteiger partial charge < -0.3 is 9.64 Å². The van der Waals surface area contributed by atoms with E-state index in [0.717, 1.165) is 17.4 Å². The number of hydrogen-bond acceptors (Lipinski definition) is 3. The third-order valence-electron chi connectivity index (χ3n) is 4.50. The Bertz CT molecular complexity index is 767. The van der Waals surface area contributed by atoms with Crippen molar-refractivity contribution >= 4 is 5.91 Å². The van der Waals surface area contributed by atoms with E-state index >= 15 is 0 Å². The second-order valence-electron chi connectivity index (χ2n) is 6.33.